The predicted octanol–water partition coefficient (Wildman–Crippen LogP) is 2.80. The number of nitrogens with zero attached hydrogens (tertiary/aromatic N) is 4. The van der Waals surface area contributed by atoms with E-state index in [0.717, 1.165) is 15.9 Å². The van der Waals surface area contributed by atoms with Gasteiger partial charge in [0.25, 0.3) is 5.56 Å². The standard InChI is InChI=1S/C20H13Cl2N5O4/c1-26-16-4-3-12(6-10(16)2-5-17(26)28)31-18-13(21)7-11(8-14(18)22)27-20(30)24-19(29)15(9-23)25-27/h3-4,6-8H,2,5H2,1H3,(H,24,29,30). The molecule has 0 saturated heterocycles. The van der Waals surface area contributed by atoms with Gasteiger partial charge in [-0.3, -0.25) is 14.6 Å². The van der Waals surface area contributed by atoms with Gasteiger partial charge < -0.3 is 9.64 Å². The van der Waals surface area contributed by atoms with Gasteiger partial charge in [-0.2, -0.15) is 9.94 Å². The maximum atomic E-state index is 12.1. The summed E-state index contributed by atoms with van der Waals surface area (Å²) >= 11 is 12.7. The molecule has 0 atom stereocenters. The van der Waals surface area contributed by atoms with Crippen LogP contribution in [0.25, 0.3) is 5.69 Å². The number of aryl methyl sites for hydroxylation is 1. The summed E-state index contributed by atoms with van der Waals surface area (Å²) in [6.07, 6.45) is 1.01. The molecule has 0 saturated carbocycles. The molecule has 0 aliphatic carbocycles. The average Bonchev–Trinajstić information content (AvgIpc) is 2.73. The fourth-order valence-electron chi connectivity index (χ4n) is 3.23. The Morgan fingerprint density at radius 3 is 2.52 bits per heavy atom. The smallest absolute Gasteiger partial charge is 0.349 e. The number of nitrogens with one attached hydrogen (secondary N) is 1. The molecule has 31 heavy (non-hydrogen) atoms. The minimum absolute atomic E-state index is 0.0495. The lowest BCUT2D eigenvalue weighted by Crippen LogP contribution is -2.33. The molecular formula is C20H13Cl2N5O4. The van der Waals surface area contributed by atoms with Crippen LogP contribution >= 0.6 is 23.2 Å². The third-order valence-electron chi connectivity index (χ3n) is 4.78. The Bertz CT molecular complexity index is 1370. The zero-order chi connectivity index (χ0) is 22.3. The predicted molar refractivity (Wildman–Crippen MR) is 113 cm³/mol. The highest BCUT2D eigenvalue weighted by Gasteiger charge is 2.22. The monoisotopic (exact) mass is 457 g/mol. The third kappa shape index (κ3) is 3.79. The van der Waals surface area contributed by atoms with E-state index in [-0.39, 0.29) is 27.4 Å². The van der Waals surface area contributed by atoms with Gasteiger partial charge in [0.15, 0.2) is 5.75 Å². The van der Waals surface area contributed by atoms with Crippen LogP contribution in [0, 0.1) is 11.3 Å². The Hall–Kier alpha value is -3.61. The van der Waals surface area contributed by atoms with Crippen molar-refractivity contribution in [2.24, 2.45) is 0 Å². The molecule has 0 unspecified atom stereocenters. The fourth-order valence-corrected chi connectivity index (χ4v) is 3.78. The third-order valence-corrected chi connectivity index (χ3v) is 5.34. The minimum atomic E-state index is -0.888. The molecule has 2 aromatic carbocycles. The topological polar surface area (TPSA) is 121 Å². The van der Waals surface area contributed by atoms with Gasteiger partial charge in [0.05, 0.1) is 15.7 Å². The van der Waals surface area contributed by atoms with Crippen molar-refractivity contribution in [3.8, 4) is 23.3 Å². The van der Waals surface area contributed by atoms with Crippen LogP contribution in [0.4, 0.5) is 5.69 Å². The molecule has 1 aliphatic heterocycles. The molecule has 4 rings (SSSR count). The van der Waals surface area contributed by atoms with E-state index < -0.39 is 16.9 Å². The zero-order valence-electron chi connectivity index (χ0n) is 16.0. The molecule has 1 N–H and O–H groups in total. The summed E-state index contributed by atoms with van der Waals surface area (Å²) in [4.78, 5) is 39.1. The second-order valence-corrected chi connectivity index (χ2v) is 7.53. The Morgan fingerprint density at radius 1 is 1.13 bits per heavy atom. The lowest BCUT2D eigenvalue weighted by Gasteiger charge is -2.26. The van der Waals surface area contributed by atoms with E-state index in [2.05, 4.69) is 5.10 Å². The van der Waals surface area contributed by atoms with Crippen LogP contribution in [0.2, 0.25) is 10.0 Å². The highest BCUT2D eigenvalue weighted by molar-refractivity contribution is 6.37. The van der Waals surface area contributed by atoms with Crippen LogP contribution in [-0.4, -0.2) is 27.7 Å². The van der Waals surface area contributed by atoms with Crippen molar-refractivity contribution < 1.29 is 9.53 Å². The van der Waals surface area contributed by atoms with E-state index in [0.29, 0.717) is 18.6 Å². The van der Waals surface area contributed by atoms with Crippen molar-refractivity contribution in [1.82, 2.24) is 14.8 Å². The first-order valence-corrected chi connectivity index (χ1v) is 9.74. The number of hydrogen-bond donors (Lipinski definition) is 1. The molecule has 0 fully saturated rings. The van der Waals surface area contributed by atoms with Gasteiger partial charge in [0.1, 0.15) is 11.8 Å². The second kappa shape index (κ2) is 7.91. The molecule has 1 amide bonds. The number of halogens is 2. The number of benzene rings is 2. The van der Waals surface area contributed by atoms with E-state index >= 15 is 0 Å². The van der Waals surface area contributed by atoms with Gasteiger partial charge in [-0.15, -0.1) is 5.10 Å². The highest BCUT2D eigenvalue weighted by Crippen LogP contribution is 2.39. The van der Waals surface area contributed by atoms with Gasteiger partial charge in [-0.25, -0.2) is 4.79 Å². The number of carbonyl (C=O) groups is 1. The van der Waals surface area contributed by atoms with Crippen LogP contribution in [-0.2, 0) is 11.2 Å². The zero-order valence-corrected chi connectivity index (χ0v) is 17.5. The molecular weight excluding hydrogens is 445 g/mol. The van der Waals surface area contributed by atoms with Crippen molar-refractivity contribution in [2.75, 3.05) is 11.9 Å². The number of nitriles is 1. The molecule has 156 valence electrons. The molecule has 2 heterocycles. The van der Waals surface area contributed by atoms with E-state index in [1.165, 1.54) is 12.1 Å². The maximum Gasteiger partial charge on any atom is 0.349 e. The van der Waals surface area contributed by atoms with Crippen LogP contribution in [0.15, 0.2) is 39.9 Å². The number of carbonyl (C=O) groups excluding carboxylic acids is 1. The summed E-state index contributed by atoms with van der Waals surface area (Å²) in [5.41, 5.74) is -0.307. The van der Waals surface area contributed by atoms with E-state index in [9.17, 15) is 14.4 Å². The Balaban J connectivity index is 1.70. The molecule has 3 aromatic rings. The molecule has 9 nitrogen and oxygen atoms in total. The molecule has 0 radical (unpaired) electrons. The van der Waals surface area contributed by atoms with Crippen LogP contribution in [0.1, 0.15) is 17.7 Å². The molecule has 0 spiro atoms. The first kappa shape index (κ1) is 20.7. The number of ether oxygens (including phenoxy) is 1. The number of amides is 1. The average molecular weight is 458 g/mol. The summed E-state index contributed by atoms with van der Waals surface area (Å²) in [6, 6.07) is 9.65. The quantitative estimate of drug-likeness (QED) is 0.645. The Labute approximate surface area is 185 Å². The molecule has 1 aromatic heterocycles. The number of aromatic amines is 1. The van der Waals surface area contributed by atoms with Crippen LogP contribution in [0.3, 0.4) is 0 Å². The lowest BCUT2D eigenvalue weighted by molar-refractivity contribution is -0.118. The van der Waals surface area contributed by atoms with Crippen LogP contribution < -0.4 is 20.9 Å². The lowest BCUT2D eigenvalue weighted by atomic mass is 10.0. The summed E-state index contributed by atoms with van der Waals surface area (Å²) in [5, 5.41) is 12.9. The largest absolute Gasteiger partial charge is 0.454 e. The van der Waals surface area contributed by atoms with E-state index in [4.69, 9.17) is 33.2 Å². The van der Waals surface area contributed by atoms with Crippen molar-refractivity contribution >= 4 is 34.8 Å². The highest BCUT2D eigenvalue weighted by atomic mass is 35.5. The maximum absolute atomic E-state index is 12.1. The minimum Gasteiger partial charge on any atom is -0.454 e. The molecule has 11 heteroatoms. The number of rotatable bonds is 3. The first-order chi connectivity index (χ1) is 14.8. The van der Waals surface area contributed by atoms with E-state index in [1.54, 1.807) is 30.1 Å². The number of aromatic nitrogens is 3. The van der Waals surface area contributed by atoms with Gasteiger partial charge in [-0.05, 0) is 42.3 Å². The normalized spacial score (nSPS) is 13.0. The summed E-state index contributed by atoms with van der Waals surface area (Å²) < 4.78 is 6.68. The summed E-state index contributed by atoms with van der Waals surface area (Å²) in [5.74, 6) is 0.683. The van der Waals surface area contributed by atoms with Crippen LogP contribution in [0.5, 0.6) is 11.5 Å². The summed E-state index contributed by atoms with van der Waals surface area (Å²) in [7, 11) is 1.72. The van der Waals surface area contributed by atoms with Crippen molar-refractivity contribution in [3.05, 3.63) is 72.5 Å². The molecule has 0 bridgehead atoms. The number of H-pyrrole nitrogens is 1. The van der Waals surface area contributed by atoms with Gasteiger partial charge in [0, 0.05) is 19.2 Å². The Kier molecular flexibility index (Phi) is 5.27. The molecule has 1 aliphatic rings. The summed E-state index contributed by atoms with van der Waals surface area (Å²) in [6.45, 7) is 0. The Morgan fingerprint density at radius 2 is 1.84 bits per heavy atom. The fraction of sp³-hybridized carbons (Fsp3) is 0.150. The SMILES string of the molecule is CN1C(=O)CCc2cc(Oc3c(Cl)cc(-n4nc(C#N)c(=O)[nH]c4=O)cc3Cl)ccc21. The second-order valence-electron chi connectivity index (χ2n) is 6.72. The van der Waals surface area contributed by atoms with Crippen molar-refractivity contribution in [3.63, 3.8) is 0 Å². The van der Waals surface area contributed by atoms with Gasteiger partial charge >= 0.3 is 5.69 Å². The number of hydrogen-bond acceptors (Lipinski definition) is 6. The number of anilines is 1. The van der Waals surface area contributed by atoms with Crippen molar-refractivity contribution in [1.29, 1.82) is 5.26 Å². The first-order valence-electron chi connectivity index (χ1n) is 8.99. The van der Waals surface area contributed by atoms with E-state index in [1.807, 2.05) is 11.1 Å². The van der Waals surface area contributed by atoms with Gasteiger partial charge in [0.2, 0.25) is 11.6 Å². The van der Waals surface area contributed by atoms with Gasteiger partial charge in [-0.1, -0.05) is 23.2 Å². The number of fused-ring (bicyclic) bond motifs is 1. The van der Waals surface area contributed by atoms with Crippen molar-refractivity contribution in [2.45, 2.75) is 12.8 Å².